The van der Waals surface area contributed by atoms with Crippen molar-refractivity contribution in [3.05, 3.63) is 0 Å². The first kappa shape index (κ1) is 17.0. The van der Waals surface area contributed by atoms with E-state index >= 15 is 0 Å². The molecule has 6 nitrogen and oxygen atoms in total. The fourth-order valence-corrected chi connectivity index (χ4v) is 5.34. The molecule has 0 spiro atoms. The largest absolute Gasteiger partial charge is 0.550 e. The van der Waals surface area contributed by atoms with E-state index in [1.54, 1.807) is 0 Å². The zero-order valence-electron chi connectivity index (χ0n) is 12.8. The Labute approximate surface area is 148 Å². The molecule has 4 saturated carbocycles. The number of carboxylic acids is 1. The van der Waals surface area contributed by atoms with Gasteiger partial charge in [-0.1, -0.05) is 22.6 Å². The minimum atomic E-state index is -1.23. The van der Waals surface area contributed by atoms with E-state index in [1.807, 2.05) is 22.6 Å². The predicted molar refractivity (Wildman–Crippen MR) is 85.4 cm³/mol. The van der Waals surface area contributed by atoms with Crippen LogP contribution in [0, 0.1) is 17.3 Å². The fourth-order valence-electron chi connectivity index (χ4n) is 5.19. The second-order valence-corrected chi connectivity index (χ2v) is 8.05. The molecule has 0 aliphatic heterocycles. The van der Waals surface area contributed by atoms with E-state index in [2.05, 4.69) is 0 Å². The van der Waals surface area contributed by atoms with Crippen molar-refractivity contribution in [2.45, 2.75) is 50.5 Å². The Morgan fingerprint density at radius 1 is 1.13 bits per heavy atom. The highest BCUT2D eigenvalue weighted by molar-refractivity contribution is 14.1. The van der Waals surface area contributed by atoms with Gasteiger partial charge in [0.2, 0.25) is 0 Å². The van der Waals surface area contributed by atoms with Crippen LogP contribution in [-0.2, 0) is 23.9 Å². The lowest BCUT2D eigenvalue weighted by molar-refractivity contribution is -0.306. The summed E-state index contributed by atoms with van der Waals surface area (Å²) in [6, 6.07) is 0. The SMILES string of the molecule is O=C([O-])CCOC(=O)C12CC3CC(CC(OC(=O)CI)(C3)C1)C2. The number of hydrogen-bond donors (Lipinski definition) is 0. The van der Waals surface area contributed by atoms with Crippen molar-refractivity contribution in [3.8, 4) is 0 Å². The highest BCUT2D eigenvalue weighted by atomic mass is 127. The molecule has 7 heteroatoms. The lowest BCUT2D eigenvalue weighted by atomic mass is 9.48. The van der Waals surface area contributed by atoms with Gasteiger partial charge < -0.3 is 19.4 Å². The third-order valence-corrected chi connectivity index (χ3v) is 6.04. The molecule has 0 N–H and O–H groups in total. The maximum Gasteiger partial charge on any atom is 0.316 e. The first-order valence-electron chi connectivity index (χ1n) is 8.01. The van der Waals surface area contributed by atoms with Gasteiger partial charge in [0, 0.05) is 18.8 Å². The van der Waals surface area contributed by atoms with Crippen LogP contribution in [0.2, 0.25) is 0 Å². The molecule has 0 aromatic carbocycles. The molecule has 0 aromatic heterocycles. The van der Waals surface area contributed by atoms with Gasteiger partial charge in [0.25, 0.3) is 0 Å². The van der Waals surface area contributed by atoms with Crippen LogP contribution in [0.4, 0.5) is 0 Å². The Balaban J connectivity index is 1.73. The highest BCUT2D eigenvalue weighted by Crippen LogP contribution is 2.63. The summed E-state index contributed by atoms with van der Waals surface area (Å²) in [5.41, 5.74) is -1.14. The van der Waals surface area contributed by atoms with Crippen molar-refractivity contribution in [2.24, 2.45) is 17.3 Å². The number of carboxylic acid groups (broad SMARTS) is 1. The number of carbonyl (C=O) groups is 3. The van der Waals surface area contributed by atoms with Gasteiger partial charge in [-0.05, 0) is 43.9 Å². The van der Waals surface area contributed by atoms with E-state index in [1.165, 1.54) is 0 Å². The molecule has 128 valence electrons. The summed E-state index contributed by atoms with van der Waals surface area (Å²) in [6.07, 6.45) is 4.50. The van der Waals surface area contributed by atoms with E-state index in [0.717, 1.165) is 32.1 Å². The van der Waals surface area contributed by atoms with Gasteiger partial charge in [0.15, 0.2) is 0 Å². The van der Waals surface area contributed by atoms with E-state index in [-0.39, 0.29) is 25.0 Å². The van der Waals surface area contributed by atoms with E-state index in [0.29, 0.717) is 22.7 Å². The number of carbonyl (C=O) groups excluding carboxylic acids is 3. The zero-order chi connectivity index (χ0) is 16.7. The van der Waals surface area contributed by atoms with Crippen molar-refractivity contribution < 1.29 is 29.0 Å². The highest BCUT2D eigenvalue weighted by Gasteiger charge is 2.62. The molecule has 0 aromatic rings. The molecule has 23 heavy (non-hydrogen) atoms. The fraction of sp³-hybridized carbons (Fsp3) is 0.812. The van der Waals surface area contributed by atoms with Gasteiger partial charge in [0.05, 0.1) is 16.4 Å². The molecule has 0 saturated heterocycles. The number of hydrogen-bond acceptors (Lipinski definition) is 6. The molecular formula is C16H20IO6-. The Kier molecular flexibility index (Phi) is 4.59. The van der Waals surface area contributed by atoms with Gasteiger partial charge in [0.1, 0.15) is 5.60 Å². The minimum Gasteiger partial charge on any atom is -0.550 e. The third kappa shape index (κ3) is 3.34. The van der Waals surface area contributed by atoms with Crippen LogP contribution >= 0.6 is 22.6 Å². The topological polar surface area (TPSA) is 92.7 Å². The Bertz CT molecular complexity index is 517. The van der Waals surface area contributed by atoms with Gasteiger partial charge >= 0.3 is 11.9 Å². The van der Waals surface area contributed by atoms with Crippen LogP contribution in [0.5, 0.6) is 0 Å². The average molecular weight is 435 g/mol. The van der Waals surface area contributed by atoms with Crippen molar-refractivity contribution in [2.75, 3.05) is 11.0 Å². The lowest BCUT2D eigenvalue weighted by Crippen LogP contribution is -2.60. The normalized spacial score (nSPS) is 37.4. The van der Waals surface area contributed by atoms with Gasteiger partial charge in [-0.25, -0.2) is 0 Å². The van der Waals surface area contributed by atoms with E-state index in [9.17, 15) is 19.5 Å². The molecule has 0 heterocycles. The molecule has 2 unspecified atom stereocenters. The lowest BCUT2D eigenvalue weighted by Gasteiger charge is -2.59. The maximum atomic E-state index is 12.6. The van der Waals surface area contributed by atoms with Gasteiger partial charge in [-0.3, -0.25) is 9.59 Å². The van der Waals surface area contributed by atoms with Crippen LogP contribution in [0.25, 0.3) is 0 Å². The van der Waals surface area contributed by atoms with Gasteiger partial charge in [-0.15, -0.1) is 0 Å². The predicted octanol–water partition coefficient (Wildman–Crippen LogP) is 0.987. The monoisotopic (exact) mass is 435 g/mol. The summed E-state index contributed by atoms with van der Waals surface area (Å²) >= 11 is 1.99. The number of rotatable bonds is 6. The maximum absolute atomic E-state index is 12.6. The number of ether oxygens (including phenoxy) is 2. The summed E-state index contributed by atoms with van der Waals surface area (Å²) in [5.74, 6) is -1.02. The smallest absolute Gasteiger partial charge is 0.316 e. The quantitative estimate of drug-likeness (QED) is 0.351. The van der Waals surface area contributed by atoms with Crippen LogP contribution in [-0.4, -0.2) is 34.5 Å². The number of halogens is 1. The average Bonchev–Trinajstić information content (AvgIpc) is 2.44. The molecule has 0 amide bonds. The molecule has 4 aliphatic carbocycles. The molecule has 4 aliphatic rings. The summed E-state index contributed by atoms with van der Waals surface area (Å²) in [4.78, 5) is 34.9. The number of aliphatic carboxylic acids is 1. The Hall–Kier alpha value is -0.860. The summed E-state index contributed by atoms with van der Waals surface area (Å²) < 4.78 is 11.3. The van der Waals surface area contributed by atoms with Crippen molar-refractivity contribution >= 4 is 40.5 Å². The summed E-state index contributed by atoms with van der Waals surface area (Å²) in [6.45, 7) is -0.154. The van der Waals surface area contributed by atoms with Crippen LogP contribution < -0.4 is 5.11 Å². The molecule has 2 atom stereocenters. The zero-order valence-corrected chi connectivity index (χ0v) is 15.0. The second-order valence-electron chi connectivity index (χ2n) is 7.29. The Morgan fingerprint density at radius 2 is 1.78 bits per heavy atom. The van der Waals surface area contributed by atoms with E-state index in [4.69, 9.17) is 9.47 Å². The molecule has 4 fully saturated rings. The Morgan fingerprint density at radius 3 is 2.35 bits per heavy atom. The third-order valence-electron chi connectivity index (χ3n) is 5.42. The van der Waals surface area contributed by atoms with Crippen molar-refractivity contribution in [1.29, 1.82) is 0 Å². The molecule has 0 radical (unpaired) electrons. The molecule has 4 rings (SSSR count). The first-order valence-corrected chi connectivity index (χ1v) is 9.54. The standard InChI is InChI=1S/C16H21IO6/c17-8-13(20)23-16-6-10-3-11(7-16)5-15(4-10,9-16)14(21)22-2-1-12(18)19/h10-11H,1-9H2,(H,18,19)/p-1. The van der Waals surface area contributed by atoms with E-state index < -0.39 is 17.0 Å². The minimum absolute atomic E-state index is 0.154. The van der Waals surface area contributed by atoms with Gasteiger partial charge in [-0.2, -0.15) is 0 Å². The van der Waals surface area contributed by atoms with Crippen LogP contribution in [0.1, 0.15) is 44.9 Å². The number of esters is 2. The van der Waals surface area contributed by atoms with Crippen LogP contribution in [0.3, 0.4) is 0 Å². The second kappa shape index (κ2) is 6.22. The molecular weight excluding hydrogens is 415 g/mol. The van der Waals surface area contributed by atoms with Crippen LogP contribution in [0.15, 0.2) is 0 Å². The molecule has 4 bridgehead atoms. The summed E-state index contributed by atoms with van der Waals surface area (Å²) in [5, 5.41) is 10.5. The first-order chi connectivity index (χ1) is 10.9. The van der Waals surface area contributed by atoms with Crippen molar-refractivity contribution in [1.82, 2.24) is 0 Å². The number of alkyl halides is 1. The van der Waals surface area contributed by atoms with Crippen molar-refractivity contribution in [3.63, 3.8) is 0 Å². The summed E-state index contributed by atoms with van der Waals surface area (Å²) in [7, 11) is 0.